The minimum absolute atomic E-state index is 0.251. The zero-order valence-electron chi connectivity index (χ0n) is 17.2. The lowest BCUT2D eigenvalue weighted by molar-refractivity contribution is 0.262. The van der Waals surface area contributed by atoms with Crippen molar-refractivity contribution in [3.05, 3.63) is 81.4 Å². The van der Waals surface area contributed by atoms with E-state index >= 15 is 0 Å². The number of thiazole rings is 1. The first-order valence-corrected chi connectivity index (χ1v) is 12.0. The Morgan fingerprint density at radius 1 is 1.15 bits per heavy atom. The fourth-order valence-electron chi connectivity index (χ4n) is 3.17. The van der Waals surface area contributed by atoms with E-state index in [1.165, 1.54) is 33.7 Å². The number of urea groups is 1. The molecule has 166 valence electrons. The molecule has 0 fully saturated rings. The number of aryl methyl sites for hydroxylation is 1. The summed E-state index contributed by atoms with van der Waals surface area (Å²) in [6, 6.07) is 15.4. The molecule has 0 saturated carbocycles. The van der Waals surface area contributed by atoms with Crippen LogP contribution in [0, 0.1) is 6.92 Å². The Kier molecular flexibility index (Phi) is 5.79. The van der Waals surface area contributed by atoms with Crippen LogP contribution in [-0.4, -0.2) is 20.6 Å². The number of fused-ring (bicyclic) bond motifs is 2. The minimum Gasteiger partial charge on any atom is -0.375 e. The van der Waals surface area contributed by atoms with Gasteiger partial charge in [-0.05, 0) is 37.3 Å². The first-order chi connectivity index (χ1) is 15.9. The van der Waals surface area contributed by atoms with Gasteiger partial charge in [-0.2, -0.15) is 0 Å². The van der Waals surface area contributed by atoms with Gasteiger partial charge in [-0.3, -0.25) is 4.79 Å². The second kappa shape index (κ2) is 8.89. The molecular weight excluding hydrogens is 482 g/mol. The molecule has 5 aromatic rings. The van der Waals surface area contributed by atoms with E-state index in [1.54, 1.807) is 43.3 Å². The average molecular weight is 498 g/mol. The molecular formula is C22H16ClN5O3S2. The first-order valence-electron chi connectivity index (χ1n) is 9.80. The van der Waals surface area contributed by atoms with Crippen molar-refractivity contribution in [2.24, 2.45) is 0 Å². The summed E-state index contributed by atoms with van der Waals surface area (Å²) >= 11 is 9.09. The third-order valence-corrected chi connectivity index (χ3v) is 7.14. The molecule has 0 aliphatic carbocycles. The van der Waals surface area contributed by atoms with E-state index in [9.17, 15) is 9.59 Å². The summed E-state index contributed by atoms with van der Waals surface area (Å²) in [5.41, 5.74) is 2.90. The Morgan fingerprint density at radius 2 is 2.00 bits per heavy atom. The monoisotopic (exact) mass is 497 g/mol. The normalized spacial score (nSPS) is 11.2. The summed E-state index contributed by atoms with van der Waals surface area (Å²) in [6.45, 7) is 1.77. The van der Waals surface area contributed by atoms with Gasteiger partial charge < -0.3 is 15.2 Å². The van der Waals surface area contributed by atoms with Crippen molar-refractivity contribution in [3.63, 3.8) is 0 Å². The van der Waals surface area contributed by atoms with Crippen molar-refractivity contribution in [2.75, 3.05) is 10.6 Å². The summed E-state index contributed by atoms with van der Waals surface area (Å²) in [5, 5.41) is 6.00. The molecule has 8 nitrogen and oxygen atoms in total. The highest BCUT2D eigenvalue weighted by Crippen LogP contribution is 2.32. The lowest BCUT2D eigenvalue weighted by Crippen LogP contribution is -2.19. The largest absolute Gasteiger partial charge is 0.375 e. The number of nitrogens with zero attached hydrogens (tertiary/aromatic N) is 3. The van der Waals surface area contributed by atoms with E-state index in [0.29, 0.717) is 39.3 Å². The van der Waals surface area contributed by atoms with Crippen molar-refractivity contribution in [1.29, 1.82) is 0 Å². The molecule has 3 heterocycles. The van der Waals surface area contributed by atoms with Crippen molar-refractivity contribution in [1.82, 2.24) is 14.5 Å². The lowest BCUT2D eigenvalue weighted by atomic mass is 10.3. The maximum Gasteiger partial charge on any atom is 0.323 e. The maximum absolute atomic E-state index is 12.3. The fraction of sp³-hybridized carbons (Fsp3) is 0.0909. The number of rotatable bonds is 5. The van der Waals surface area contributed by atoms with Gasteiger partial charge in [0, 0.05) is 23.6 Å². The van der Waals surface area contributed by atoms with Crippen LogP contribution in [0.15, 0.2) is 68.3 Å². The SMILES string of the molecule is Cc1cc2nc(CSc3nc4ccc(NC(=O)Nc5ccccc5Cl)cc4s3)cc(=O)n2o1. The predicted molar refractivity (Wildman–Crippen MR) is 132 cm³/mol. The number of hydrogen-bond acceptors (Lipinski definition) is 7. The van der Waals surface area contributed by atoms with Crippen molar-refractivity contribution < 1.29 is 9.32 Å². The molecule has 0 unspecified atom stereocenters. The molecule has 5 rings (SSSR count). The highest BCUT2D eigenvalue weighted by Gasteiger charge is 2.11. The Balaban J connectivity index is 1.28. The molecule has 11 heteroatoms. The molecule has 33 heavy (non-hydrogen) atoms. The van der Waals surface area contributed by atoms with Crippen LogP contribution in [-0.2, 0) is 5.75 Å². The summed E-state index contributed by atoms with van der Waals surface area (Å²) in [6.07, 6.45) is 0. The standard InChI is InChI=1S/C22H16ClN5O3S2/c1-12-8-19-24-14(10-20(29)28(19)31-12)11-32-22-27-17-7-6-13(9-18(17)33-22)25-21(30)26-16-5-3-2-4-15(16)23/h2-10H,11H2,1H3,(H2,25,26,30). The number of aromatic nitrogens is 3. The molecule has 2 aromatic carbocycles. The van der Waals surface area contributed by atoms with Crippen molar-refractivity contribution in [2.45, 2.75) is 17.0 Å². The topological polar surface area (TPSA) is 102 Å². The van der Waals surface area contributed by atoms with Crippen molar-refractivity contribution >= 4 is 68.0 Å². The molecule has 2 amide bonds. The van der Waals surface area contributed by atoms with E-state index in [2.05, 4.69) is 20.6 Å². The number of nitrogens with one attached hydrogen (secondary N) is 2. The molecule has 0 atom stereocenters. The van der Waals surface area contributed by atoms with Crippen molar-refractivity contribution in [3.8, 4) is 0 Å². The van der Waals surface area contributed by atoms with Gasteiger partial charge in [0.2, 0.25) is 0 Å². The van der Waals surface area contributed by atoms with Crippen LogP contribution >= 0.6 is 34.7 Å². The number of para-hydroxylation sites is 1. The van der Waals surface area contributed by atoms with Gasteiger partial charge in [0.05, 0.1) is 26.6 Å². The Bertz CT molecular complexity index is 1560. The second-order valence-electron chi connectivity index (χ2n) is 7.09. The van der Waals surface area contributed by atoms with E-state index in [4.69, 9.17) is 16.1 Å². The lowest BCUT2D eigenvalue weighted by Gasteiger charge is -2.08. The molecule has 0 spiro atoms. The number of carbonyl (C=O) groups excluding carboxylic acids is 1. The third kappa shape index (κ3) is 4.72. The Labute approximate surface area is 200 Å². The van der Waals surface area contributed by atoms with Crippen LogP contribution in [0.4, 0.5) is 16.2 Å². The summed E-state index contributed by atoms with van der Waals surface area (Å²) in [5.74, 6) is 1.13. The smallest absolute Gasteiger partial charge is 0.323 e. The number of anilines is 2. The highest BCUT2D eigenvalue weighted by atomic mass is 35.5. The molecule has 0 bridgehead atoms. The maximum atomic E-state index is 12.3. The Morgan fingerprint density at radius 3 is 2.85 bits per heavy atom. The molecule has 0 radical (unpaired) electrons. The fourth-order valence-corrected chi connectivity index (χ4v) is 5.36. The van der Waals surface area contributed by atoms with Crippen LogP contribution in [0.3, 0.4) is 0 Å². The Hall–Kier alpha value is -3.34. The predicted octanol–water partition coefficient (Wildman–Crippen LogP) is 5.80. The average Bonchev–Trinajstić information content (AvgIpc) is 3.36. The zero-order chi connectivity index (χ0) is 22.9. The molecule has 3 aromatic heterocycles. The molecule has 0 saturated heterocycles. The van der Waals surface area contributed by atoms with E-state index < -0.39 is 0 Å². The van der Waals surface area contributed by atoms with Crippen LogP contribution in [0.2, 0.25) is 5.02 Å². The number of halogens is 1. The second-order valence-corrected chi connectivity index (χ2v) is 9.75. The summed E-state index contributed by atoms with van der Waals surface area (Å²) in [7, 11) is 0. The van der Waals surface area contributed by atoms with Gasteiger partial charge in [0.25, 0.3) is 5.56 Å². The number of hydrogen-bond donors (Lipinski definition) is 2. The van der Waals surface area contributed by atoms with E-state index in [0.717, 1.165) is 14.6 Å². The molecule has 0 aliphatic rings. The van der Waals surface area contributed by atoms with Gasteiger partial charge in [-0.1, -0.05) is 35.5 Å². The molecule has 0 aliphatic heterocycles. The summed E-state index contributed by atoms with van der Waals surface area (Å²) in [4.78, 5) is 33.6. The van der Waals surface area contributed by atoms with Gasteiger partial charge in [-0.15, -0.1) is 15.9 Å². The molecule has 2 N–H and O–H groups in total. The minimum atomic E-state index is -0.385. The number of carbonyl (C=O) groups is 1. The van der Waals surface area contributed by atoms with Gasteiger partial charge in [0.15, 0.2) is 9.99 Å². The van der Waals surface area contributed by atoms with Crippen LogP contribution in [0.1, 0.15) is 11.5 Å². The van der Waals surface area contributed by atoms with E-state index in [-0.39, 0.29) is 11.6 Å². The third-order valence-electron chi connectivity index (χ3n) is 4.62. The number of amides is 2. The van der Waals surface area contributed by atoms with Crippen LogP contribution < -0.4 is 16.2 Å². The highest BCUT2D eigenvalue weighted by molar-refractivity contribution is 8.00. The van der Waals surface area contributed by atoms with Gasteiger partial charge >= 0.3 is 6.03 Å². The van der Waals surface area contributed by atoms with E-state index in [1.807, 2.05) is 12.1 Å². The summed E-state index contributed by atoms with van der Waals surface area (Å²) < 4.78 is 8.27. The number of benzene rings is 2. The van der Waals surface area contributed by atoms with Crippen LogP contribution in [0.5, 0.6) is 0 Å². The van der Waals surface area contributed by atoms with Gasteiger partial charge in [0.1, 0.15) is 5.76 Å². The quantitative estimate of drug-likeness (QED) is 0.298. The first kappa shape index (κ1) is 21.5. The zero-order valence-corrected chi connectivity index (χ0v) is 19.6. The van der Waals surface area contributed by atoms with Crippen LogP contribution in [0.25, 0.3) is 15.9 Å². The number of thioether (sulfide) groups is 1. The van der Waals surface area contributed by atoms with Gasteiger partial charge in [-0.25, -0.2) is 14.8 Å².